The van der Waals surface area contributed by atoms with Gasteiger partial charge in [0.05, 0.1) is 5.56 Å². The maximum absolute atomic E-state index is 6.62. The van der Waals surface area contributed by atoms with Crippen LogP contribution in [0, 0.1) is 0 Å². The number of aromatic nitrogens is 3. The van der Waals surface area contributed by atoms with Crippen molar-refractivity contribution in [2.24, 2.45) is 0 Å². The average Bonchev–Trinajstić information content (AvgIpc) is 3.73. The zero-order valence-electron chi connectivity index (χ0n) is 25.6. The largest absolute Gasteiger partial charge is 0.455 e. The molecule has 5 nitrogen and oxygen atoms in total. The third-order valence-corrected chi connectivity index (χ3v) is 9.14. The Morgan fingerprint density at radius 3 is 1.58 bits per heavy atom. The molecule has 0 radical (unpaired) electrons. The van der Waals surface area contributed by atoms with E-state index in [1.54, 1.807) is 0 Å². The first-order chi connectivity index (χ1) is 23.8. The van der Waals surface area contributed by atoms with Crippen LogP contribution in [0.5, 0.6) is 0 Å². The maximum atomic E-state index is 6.62. The molecule has 224 valence electrons. The Balaban J connectivity index is 1.32. The maximum Gasteiger partial charge on any atom is 0.167 e. The van der Waals surface area contributed by atoms with Gasteiger partial charge in [-0.15, -0.1) is 0 Å². The van der Waals surface area contributed by atoms with Crippen molar-refractivity contribution in [2.45, 2.75) is 0 Å². The van der Waals surface area contributed by atoms with E-state index in [1.807, 2.05) is 84.9 Å². The summed E-state index contributed by atoms with van der Waals surface area (Å²) in [6, 6.07) is 51.5. The Morgan fingerprint density at radius 2 is 0.854 bits per heavy atom. The normalized spacial score (nSPS) is 11.8. The number of hydrogen-bond acceptors (Lipinski definition) is 5. The van der Waals surface area contributed by atoms with E-state index in [0.29, 0.717) is 17.5 Å². The SMILES string of the molecule is c1ccc(-c2nc(-c3cc4c5ccccc5oc4c4c(-c5ccccc5)cccc34)nc(-c3cccc4c3oc3ccccc34)n2)cc1. The molecular formula is C43H25N3O2. The third kappa shape index (κ3) is 4.08. The topological polar surface area (TPSA) is 65.0 Å². The van der Waals surface area contributed by atoms with Crippen LogP contribution in [0.25, 0.3) is 99.9 Å². The number of rotatable bonds is 4. The van der Waals surface area contributed by atoms with Gasteiger partial charge in [-0.05, 0) is 40.8 Å². The van der Waals surface area contributed by atoms with Gasteiger partial charge >= 0.3 is 0 Å². The van der Waals surface area contributed by atoms with Crippen LogP contribution in [0.3, 0.4) is 0 Å². The lowest BCUT2D eigenvalue weighted by Gasteiger charge is -2.13. The van der Waals surface area contributed by atoms with Crippen molar-refractivity contribution in [1.82, 2.24) is 15.0 Å². The molecule has 3 heterocycles. The number of hydrogen-bond donors (Lipinski definition) is 0. The van der Waals surface area contributed by atoms with E-state index in [1.165, 1.54) is 0 Å². The van der Waals surface area contributed by atoms with Crippen molar-refractivity contribution in [2.75, 3.05) is 0 Å². The molecule has 0 aliphatic heterocycles. The summed E-state index contributed by atoms with van der Waals surface area (Å²) in [6.07, 6.45) is 0. The highest BCUT2D eigenvalue weighted by molar-refractivity contribution is 6.22. The van der Waals surface area contributed by atoms with Crippen LogP contribution < -0.4 is 0 Å². The molecule has 10 rings (SSSR count). The molecule has 0 fully saturated rings. The summed E-state index contributed by atoms with van der Waals surface area (Å²) >= 11 is 0. The van der Waals surface area contributed by atoms with E-state index in [2.05, 4.69) is 66.7 Å². The lowest BCUT2D eigenvalue weighted by molar-refractivity contribution is 0.669. The fourth-order valence-corrected chi connectivity index (χ4v) is 6.94. The van der Waals surface area contributed by atoms with Crippen molar-refractivity contribution < 1.29 is 8.83 Å². The van der Waals surface area contributed by atoms with E-state index < -0.39 is 0 Å². The highest BCUT2D eigenvalue weighted by atomic mass is 16.3. The molecule has 10 aromatic rings. The molecule has 0 bridgehead atoms. The van der Waals surface area contributed by atoms with Crippen molar-refractivity contribution in [3.8, 4) is 45.3 Å². The molecule has 48 heavy (non-hydrogen) atoms. The minimum absolute atomic E-state index is 0.549. The van der Waals surface area contributed by atoms with Crippen LogP contribution in [0.1, 0.15) is 0 Å². The monoisotopic (exact) mass is 615 g/mol. The van der Waals surface area contributed by atoms with Gasteiger partial charge in [-0.1, -0.05) is 127 Å². The van der Waals surface area contributed by atoms with Crippen LogP contribution in [-0.2, 0) is 0 Å². The minimum atomic E-state index is 0.549. The van der Waals surface area contributed by atoms with Gasteiger partial charge in [0.25, 0.3) is 0 Å². The van der Waals surface area contributed by atoms with E-state index >= 15 is 0 Å². The predicted octanol–water partition coefficient (Wildman–Crippen LogP) is 11.5. The number of para-hydroxylation sites is 3. The smallest absolute Gasteiger partial charge is 0.167 e. The second kappa shape index (κ2) is 10.5. The van der Waals surface area contributed by atoms with Crippen LogP contribution in [0.4, 0.5) is 0 Å². The van der Waals surface area contributed by atoms with Crippen LogP contribution in [-0.4, -0.2) is 15.0 Å². The van der Waals surface area contributed by atoms with Crippen LogP contribution in [0.2, 0.25) is 0 Å². The second-order valence-corrected chi connectivity index (χ2v) is 11.9. The van der Waals surface area contributed by atoms with E-state index in [9.17, 15) is 0 Å². The fraction of sp³-hybridized carbons (Fsp3) is 0. The zero-order chi connectivity index (χ0) is 31.6. The Morgan fingerprint density at radius 1 is 0.333 bits per heavy atom. The zero-order valence-corrected chi connectivity index (χ0v) is 25.6. The molecule has 0 saturated carbocycles. The molecule has 0 N–H and O–H groups in total. The molecule has 0 amide bonds. The number of fused-ring (bicyclic) bond motifs is 8. The average molecular weight is 616 g/mol. The van der Waals surface area contributed by atoms with Gasteiger partial charge in [-0.3, -0.25) is 0 Å². The number of nitrogens with zero attached hydrogens (tertiary/aromatic N) is 3. The first-order valence-corrected chi connectivity index (χ1v) is 15.9. The van der Waals surface area contributed by atoms with Gasteiger partial charge in [-0.2, -0.15) is 0 Å². The van der Waals surface area contributed by atoms with Crippen molar-refractivity contribution in [3.05, 3.63) is 152 Å². The van der Waals surface area contributed by atoms with Gasteiger partial charge in [0.2, 0.25) is 0 Å². The van der Waals surface area contributed by atoms with Crippen LogP contribution in [0.15, 0.2) is 160 Å². The summed E-state index contributed by atoms with van der Waals surface area (Å²) < 4.78 is 13.1. The predicted molar refractivity (Wildman–Crippen MR) is 194 cm³/mol. The third-order valence-electron chi connectivity index (χ3n) is 9.14. The lowest BCUT2D eigenvalue weighted by Crippen LogP contribution is -2.01. The summed E-state index contributed by atoms with van der Waals surface area (Å²) in [5.74, 6) is 1.72. The summed E-state index contributed by atoms with van der Waals surface area (Å²) in [4.78, 5) is 15.5. The van der Waals surface area contributed by atoms with Gasteiger partial charge in [-0.25, -0.2) is 15.0 Å². The van der Waals surface area contributed by atoms with Crippen molar-refractivity contribution in [3.63, 3.8) is 0 Å². The molecule has 0 atom stereocenters. The molecule has 7 aromatic carbocycles. The van der Waals surface area contributed by atoms with Gasteiger partial charge in [0, 0.05) is 38.1 Å². The van der Waals surface area contributed by atoms with Gasteiger partial charge in [0.1, 0.15) is 22.3 Å². The highest BCUT2D eigenvalue weighted by Crippen LogP contribution is 2.44. The first kappa shape index (κ1) is 26.6. The highest BCUT2D eigenvalue weighted by Gasteiger charge is 2.22. The standard InChI is InChI=1S/C43H25N3O2/c1-3-13-26(14-4-1)28-19-11-20-31-35(25-34-30-18-8-10-24-37(30)48-40(34)38(28)31)43-45-41(27-15-5-2-6-16-27)44-42(46-43)33-22-12-21-32-29-17-7-9-23-36(29)47-39(32)33/h1-25H. The van der Waals surface area contributed by atoms with Crippen molar-refractivity contribution >= 4 is 54.6 Å². The Kier molecular flexibility index (Phi) is 5.81. The molecule has 0 unspecified atom stereocenters. The molecule has 0 spiro atoms. The van der Waals surface area contributed by atoms with Crippen LogP contribution >= 0.6 is 0 Å². The minimum Gasteiger partial charge on any atom is -0.455 e. The second-order valence-electron chi connectivity index (χ2n) is 11.9. The van der Waals surface area contributed by atoms with Crippen molar-refractivity contribution in [1.29, 1.82) is 0 Å². The van der Waals surface area contributed by atoms with E-state index in [-0.39, 0.29) is 0 Å². The summed E-state index contributed by atoms with van der Waals surface area (Å²) in [6.45, 7) is 0. The van der Waals surface area contributed by atoms with E-state index in [4.69, 9.17) is 23.8 Å². The van der Waals surface area contributed by atoms with E-state index in [0.717, 1.165) is 82.5 Å². The molecular weight excluding hydrogens is 590 g/mol. The first-order valence-electron chi connectivity index (χ1n) is 15.9. The Hall–Kier alpha value is -6.59. The lowest BCUT2D eigenvalue weighted by atomic mass is 9.93. The summed E-state index contributed by atoms with van der Waals surface area (Å²) in [5, 5.41) is 6.16. The van der Waals surface area contributed by atoms with Gasteiger partial charge in [0.15, 0.2) is 17.5 Å². The fourth-order valence-electron chi connectivity index (χ4n) is 6.94. The Labute approximate surface area is 274 Å². The molecule has 0 aliphatic carbocycles. The number of benzene rings is 7. The quantitative estimate of drug-likeness (QED) is 0.197. The summed E-state index contributed by atoms with van der Waals surface area (Å²) in [7, 11) is 0. The molecule has 3 aromatic heterocycles. The Bertz CT molecular complexity index is 2840. The molecule has 0 aliphatic rings. The molecule has 5 heteroatoms. The van der Waals surface area contributed by atoms with Gasteiger partial charge < -0.3 is 8.83 Å². The number of furan rings is 2. The molecule has 0 saturated heterocycles. The summed E-state index contributed by atoms with van der Waals surface area (Å²) in [5.41, 5.74) is 8.09.